The maximum absolute atomic E-state index is 11.9. The molecular formula is C12H13ClN2O. The Morgan fingerprint density at radius 1 is 1.56 bits per heavy atom. The van der Waals surface area contributed by atoms with Crippen LogP contribution in [0, 0.1) is 11.3 Å². The van der Waals surface area contributed by atoms with Gasteiger partial charge in [-0.2, -0.15) is 5.26 Å². The first-order valence-corrected chi connectivity index (χ1v) is 5.50. The number of nitriles is 1. The van der Waals surface area contributed by atoms with Crippen LogP contribution in [0.15, 0.2) is 24.3 Å². The van der Waals surface area contributed by atoms with E-state index in [0.717, 1.165) is 5.56 Å². The predicted molar refractivity (Wildman–Crippen MR) is 63.2 cm³/mol. The van der Waals surface area contributed by atoms with Gasteiger partial charge >= 0.3 is 0 Å². The zero-order valence-corrected chi connectivity index (χ0v) is 9.87. The summed E-state index contributed by atoms with van der Waals surface area (Å²) in [5.74, 6) is 0.311. The molecule has 3 nitrogen and oxygen atoms in total. The Morgan fingerprint density at radius 2 is 2.31 bits per heavy atom. The lowest BCUT2D eigenvalue weighted by molar-refractivity contribution is 0.0798. The summed E-state index contributed by atoms with van der Waals surface area (Å²) in [7, 11) is 1.69. The van der Waals surface area contributed by atoms with E-state index < -0.39 is 0 Å². The molecule has 0 spiro atoms. The second-order valence-electron chi connectivity index (χ2n) is 3.47. The van der Waals surface area contributed by atoms with Crippen LogP contribution in [0.4, 0.5) is 0 Å². The van der Waals surface area contributed by atoms with Gasteiger partial charge in [-0.1, -0.05) is 12.1 Å². The Morgan fingerprint density at radius 3 is 2.94 bits per heavy atom. The quantitative estimate of drug-likeness (QED) is 0.754. The van der Waals surface area contributed by atoms with E-state index in [4.69, 9.17) is 16.9 Å². The highest BCUT2D eigenvalue weighted by molar-refractivity contribution is 6.17. The number of carbonyl (C=O) groups excluding carboxylic acids is 1. The second kappa shape index (κ2) is 6.14. The summed E-state index contributed by atoms with van der Waals surface area (Å²) in [6.07, 6.45) is 0.345. The van der Waals surface area contributed by atoms with Crippen LogP contribution in [0.1, 0.15) is 22.3 Å². The van der Waals surface area contributed by atoms with Gasteiger partial charge in [-0.05, 0) is 17.7 Å². The SMILES string of the molecule is CN(CCC#N)C(=O)c1cccc(CCl)c1. The highest BCUT2D eigenvalue weighted by Crippen LogP contribution is 2.10. The van der Waals surface area contributed by atoms with E-state index in [1.165, 1.54) is 4.90 Å². The van der Waals surface area contributed by atoms with Crippen molar-refractivity contribution in [1.82, 2.24) is 4.90 Å². The number of carbonyl (C=O) groups is 1. The largest absolute Gasteiger partial charge is 0.341 e. The maximum atomic E-state index is 11.9. The Labute approximate surface area is 100 Å². The van der Waals surface area contributed by atoms with Gasteiger partial charge in [0.15, 0.2) is 0 Å². The van der Waals surface area contributed by atoms with E-state index in [0.29, 0.717) is 24.4 Å². The van der Waals surface area contributed by atoms with Crippen LogP contribution in [0.2, 0.25) is 0 Å². The van der Waals surface area contributed by atoms with Crippen molar-refractivity contribution < 1.29 is 4.79 Å². The molecule has 0 N–H and O–H groups in total. The third-order valence-electron chi connectivity index (χ3n) is 2.23. The van der Waals surface area contributed by atoms with Gasteiger partial charge in [0.2, 0.25) is 0 Å². The third kappa shape index (κ3) is 3.25. The molecule has 0 fully saturated rings. The molecule has 1 aromatic rings. The number of nitrogens with zero attached hydrogens (tertiary/aromatic N) is 2. The van der Waals surface area contributed by atoms with Gasteiger partial charge in [-0.15, -0.1) is 11.6 Å². The van der Waals surface area contributed by atoms with Gasteiger partial charge in [-0.3, -0.25) is 4.79 Å². The molecule has 0 aliphatic carbocycles. The molecule has 4 heteroatoms. The Balaban J connectivity index is 2.76. The third-order valence-corrected chi connectivity index (χ3v) is 2.54. The van der Waals surface area contributed by atoms with Crippen molar-refractivity contribution in [2.75, 3.05) is 13.6 Å². The molecular weight excluding hydrogens is 224 g/mol. The zero-order chi connectivity index (χ0) is 12.0. The van der Waals surface area contributed by atoms with Crippen molar-refractivity contribution in [1.29, 1.82) is 5.26 Å². The van der Waals surface area contributed by atoms with E-state index in [-0.39, 0.29) is 5.91 Å². The number of rotatable bonds is 4. The number of hydrogen-bond donors (Lipinski definition) is 0. The predicted octanol–water partition coefficient (Wildman–Crippen LogP) is 2.41. The van der Waals surface area contributed by atoms with Gasteiger partial charge in [0.1, 0.15) is 0 Å². The highest BCUT2D eigenvalue weighted by Gasteiger charge is 2.11. The number of alkyl halides is 1. The molecule has 0 aliphatic rings. The number of hydrogen-bond acceptors (Lipinski definition) is 2. The fourth-order valence-corrected chi connectivity index (χ4v) is 1.49. The molecule has 0 bridgehead atoms. The van der Waals surface area contributed by atoms with Crippen molar-refractivity contribution in [3.8, 4) is 6.07 Å². The maximum Gasteiger partial charge on any atom is 0.253 e. The fourth-order valence-electron chi connectivity index (χ4n) is 1.33. The summed E-state index contributed by atoms with van der Waals surface area (Å²) in [6, 6.07) is 9.22. The van der Waals surface area contributed by atoms with Crippen molar-refractivity contribution >= 4 is 17.5 Å². The molecule has 0 saturated heterocycles. The topological polar surface area (TPSA) is 44.1 Å². The van der Waals surface area contributed by atoms with Crippen LogP contribution in [0.5, 0.6) is 0 Å². The molecule has 0 unspecified atom stereocenters. The average molecular weight is 237 g/mol. The van der Waals surface area contributed by atoms with Crippen LogP contribution in [0.25, 0.3) is 0 Å². The minimum Gasteiger partial charge on any atom is -0.341 e. The monoisotopic (exact) mass is 236 g/mol. The minimum atomic E-state index is -0.0813. The van der Waals surface area contributed by atoms with Gasteiger partial charge < -0.3 is 4.90 Å². The minimum absolute atomic E-state index is 0.0813. The average Bonchev–Trinajstić information content (AvgIpc) is 2.35. The molecule has 0 aliphatic heterocycles. The Kier molecular flexibility index (Phi) is 4.81. The second-order valence-corrected chi connectivity index (χ2v) is 3.74. The summed E-state index contributed by atoms with van der Waals surface area (Å²) >= 11 is 5.70. The number of amides is 1. The van der Waals surface area contributed by atoms with Crippen LogP contribution in [0.3, 0.4) is 0 Å². The smallest absolute Gasteiger partial charge is 0.253 e. The van der Waals surface area contributed by atoms with Gasteiger partial charge in [0, 0.05) is 25.0 Å². The molecule has 1 amide bonds. The summed E-state index contributed by atoms with van der Waals surface area (Å²) in [4.78, 5) is 13.4. The van der Waals surface area contributed by atoms with Crippen LogP contribution < -0.4 is 0 Å². The first-order valence-electron chi connectivity index (χ1n) is 4.96. The zero-order valence-electron chi connectivity index (χ0n) is 9.11. The molecule has 0 heterocycles. The normalized spacial score (nSPS) is 9.56. The first kappa shape index (κ1) is 12.5. The molecule has 0 atom stereocenters. The summed E-state index contributed by atoms with van der Waals surface area (Å²) < 4.78 is 0. The standard InChI is InChI=1S/C12H13ClN2O/c1-15(7-3-6-14)12(16)11-5-2-4-10(8-11)9-13/h2,4-5,8H,3,7,9H2,1H3. The molecule has 0 saturated carbocycles. The van der Waals surface area contributed by atoms with E-state index >= 15 is 0 Å². The van der Waals surface area contributed by atoms with Crippen LogP contribution >= 0.6 is 11.6 Å². The summed E-state index contributed by atoms with van der Waals surface area (Å²) in [6.45, 7) is 0.445. The first-order chi connectivity index (χ1) is 7.69. The van der Waals surface area contributed by atoms with Gasteiger partial charge in [-0.25, -0.2) is 0 Å². The summed E-state index contributed by atoms with van der Waals surface area (Å²) in [5.41, 5.74) is 1.53. The lowest BCUT2D eigenvalue weighted by Crippen LogP contribution is -2.27. The van der Waals surface area contributed by atoms with Crippen molar-refractivity contribution in [3.05, 3.63) is 35.4 Å². The number of halogens is 1. The van der Waals surface area contributed by atoms with Crippen molar-refractivity contribution in [3.63, 3.8) is 0 Å². The Hall–Kier alpha value is -1.53. The molecule has 0 aromatic heterocycles. The van der Waals surface area contributed by atoms with Crippen molar-refractivity contribution in [2.45, 2.75) is 12.3 Å². The van der Waals surface area contributed by atoms with E-state index in [1.807, 2.05) is 18.2 Å². The molecule has 16 heavy (non-hydrogen) atoms. The van der Waals surface area contributed by atoms with Gasteiger partial charge in [0.05, 0.1) is 12.5 Å². The van der Waals surface area contributed by atoms with E-state index in [1.54, 1.807) is 19.2 Å². The molecule has 84 valence electrons. The number of benzene rings is 1. The van der Waals surface area contributed by atoms with Gasteiger partial charge in [0.25, 0.3) is 5.91 Å². The highest BCUT2D eigenvalue weighted by atomic mass is 35.5. The lowest BCUT2D eigenvalue weighted by atomic mass is 10.1. The van der Waals surface area contributed by atoms with Crippen LogP contribution in [-0.4, -0.2) is 24.4 Å². The Bertz CT molecular complexity index is 412. The fraction of sp³-hybridized carbons (Fsp3) is 0.333. The molecule has 1 rings (SSSR count). The van der Waals surface area contributed by atoms with E-state index in [2.05, 4.69) is 0 Å². The van der Waals surface area contributed by atoms with E-state index in [9.17, 15) is 4.79 Å². The summed E-state index contributed by atoms with van der Waals surface area (Å²) in [5, 5.41) is 8.44. The van der Waals surface area contributed by atoms with Crippen molar-refractivity contribution in [2.24, 2.45) is 0 Å². The molecule has 1 aromatic carbocycles. The van der Waals surface area contributed by atoms with Crippen LogP contribution in [-0.2, 0) is 5.88 Å². The lowest BCUT2D eigenvalue weighted by Gasteiger charge is -2.15. The molecule has 0 radical (unpaired) electrons.